The van der Waals surface area contributed by atoms with Crippen molar-refractivity contribution < 1.29 is 19.1 Å². The molecule has 0 aromatic heterocycles. The van der Waals surface area contributed by atoms with Gasteiger partial charge in [0.15, 0.2) is 6.61 Å². The van der Waals surface area contributed by atoms with Crippen LogP contribution in [0, 0.1) is 5.92 Å². The summed E-state index contributed by atoms with van der Waals surface area (Å²) in [6, 6.07) is 14.5. The molecule has 0 fully saturated rings. The van der Waals surface area contributed by atoms with Crippen molar-refractivity contribution >= 4 is 11.8 Å². The maximum Gasteiger partial charge on any atom is 0.276 e. The van der Waals surface area contributed by atoms with Crippen molar-refractivity contribution in [3.63, 3.8) is 0 Å². The van der Waals surface area contributed by atoms with Gasteiger partial charge in [0.1, 0.15) is 11.5 Å². The van der Waals surface area contributed by atoms with E-state index in [1.807, 2.05) is 24.3 Å². The Labute approximate surface area is 166 Å². The number of carbonyl (C=O) groups is 2. The van der Waals surface area contributed by atoms with Gasteiger partial charge in [-0.05, 0) is 48.6 Å². The van der Waals surface area contributed by atoms with Crippen LogP contribution in [-0.2, 0) is 11.2 Å². The summed E-state index contributed by atoms with van der Waals surface area (Å²) in [6.07, 6.45) is 1.83. The number of rotatable bonds is 9. The van der Waals surface area contributed by atoms with Crippen molar-refractivity contribution in [2.24, 2.45) is 5.92 Å². The topological polar surface area (TPSA) is 76.7 Å². The molecule has 0 spiro atoms. The first-order valence-electron chi connectivity index (χ1n) is 9.52. The highest BCUT2D eigenvalue weighted by Crippen LogP contribution is 2.18. The molecule has 6 heteroatoms. The fraction of sp³-hybridized carbons (Fsp3) is 0.364. The SMILES string of the molecule is CCc1ccc(OCC(=O)NNC(=O)c2ccccc2OCCC(C)C)cc1. The molecule has 0 bridgehead atoms. The number of aryl methyl sites for hydroxylation is 1. The monoisotopic (exact) mass is 384 g/mol. The van der Waals surface area contributed by atoms with Gasteiger partial charge in [-0.1, -0.05) is 45.0 Å². The minimum absolute atomic E-state index is 0.196. The lowest BCUT2D eigenvalue weighted by Crippen LogP contribution is -2.43. The Kier molecular flexibility index (Phi) is 8.34. The number of nitrogens with one attached hydrogen (secondary N) is 2. The van der Waals surface area contributed by atoms with Gasteiger partial charge in [0.2, 0.25) is 0 Å². The first-order valence-corrected chi connectivity index (χ1v) is 9.52. The Hall–Kier alpha value is -3.02. The molecule has 0 heterocycles. The predicted molar refractivity (Wildman–Crippen MR) is 108 cm³/mol. The molecule has 6 nitrogen and oxygen atoms in total. The summed E-state index contributed by atoms with van der Waals surface area (Å²) in [5.74, 6) is 0.704. The molecule has 0 unspecified atom stereocenters. The van der Waals surface area contributed by atoms with Crippen LogP contribution in [0.2, 0.25) is 0 Å². The summed E-state index contributed by atoms with van der Waals surface area (Å²) in [7, 11) is 0. The molecule has 2 amide bonds. The standard InChI is InChI=1S/C22H28N2O4/c1-4-17-9-11-18(12-10-17)28-15-21(25)23-24-22(26)19-7-5-6-8-20(19)27-14-13-16(2)3/h5-12,16H,4,13-15H2,1-3H3,(H,23,25)(H,24,26). The molecule has 2 aromatic carbocycles. The van der Waals surface area contributed by atoms with Crippen LogP contribution in [-0.4, -0.2) is 25.0 Å². The number of ether oxygens (including phenoxy) is 2. The van der Waals surface area contributed by atoms with E-state index >= 15 is 0 Å². The van der Waals surface area contributed by atoms with Crippen LogP contribution in [0.15, 0.2) is 48.5 Å². The predicted octanol–water partition coefficient (Wildman–Crippen LogP) is 3.51. The third-order valence-corrected chi connectivity index (χ3v) is 4.10. The van der Waals surface area contributed by atoms with Gasteiger partial charge >= 0.3 is 0 Å². The van der Waals surface area contributed by atoms with E-state index in [-0.39, 0.29) is 6.61 Å². The molecule has 0 aliphatic carbocycles. The molecule has 0 aliphatic heterocycles. The van der Waals surface area contributed by atoms with Gasteiger partial charge < -0.3 is 9.47 Å². The third-order valence-electron chi connectivity index (χ3n) is 4.10. The molecule has 2 N–H and O–H groups in total. The zero-order chi connectivity index (χ0) is 20.4. The number of hydrogen-bond donors (Lipinski definition) is 2. The average Bonchev–Trinajstić information content (AvgIpc) is 2.71. The highest BCUT2D eigenvalue weighted by atomic mass is 16.5. The summed E-state index contributed by atoms with van der Waals surface area (Å²) in [6.45, 7) is 6.62. The second kappa shape index (κ2) is 11.0. The van der Waals surface area contributed by atoms with E-state index in [2.05, 4.69) is 31.6 Å². The van der Waals surface area contributed by atoms with Crippen molar-refractivity contribution in [1.29, 1.82) is 0 Å². The van der Waals surface area contributed by atoms with Crippen LogP contribution in [0.5, 0.6) is 11.5 Å². The molecule has 0 saturated heterocycles. The van der Waals surface area contributed by atoms with Crippen LogP contribution >= 0.6 is 0 Å². The highest BCUT2D eigenvalue weighted by molar-refractivity contribution is 5.97. The van der Waals surface area contributed by atoms with E-state index in [0.29, 0.717) is 29.6 Å². The first kappa shape index (κ1) is 21.3. The first-order chi connectivity index (χ1) is 13.5. The summed E-state index contributed by atoms with van der Waals surface area (Å²) < 4.78 is 11.1. The lowest BCUT2D eigenvalue weighted by Gasteiger charge is -2.13. The lowest BCUT2D eigenvalue weighted by molar-refractivity contribution is -0.123. The molecular formula is C22H28N2O4. The van der Waals surface area contributed by atoms with Gasteiger partial charge in [-0.2, -0.15) is 0 Å². The minimum Gasteiger partial charge on any atom is -0.493 e. The number of para-hydroxylation sites is 1. The molecule has 28 heavy (non-hydrogen) atoms. The third kappa shape index (κ3) is 6.95. The number of hydrogen-bond acceptors (Lipinski definition) is 4. The zero-order valence-corrected chi connectivity index (χ0v) is 16.7. The minimum atomic E-state index is -0.453. The summed E-state index contributed by atoms with van der Waals surface area (Å²) >= 11 is 0. The number of amides is 2. The van der Waals surface area contributed by atoms with Gasteiger partial charge in [0, 0.05) is 0 Å². The van der Waals surface area contributed by atoms with Crippen LogP contribution in [0.4, 0.5) is 0 Å². The largest absolute Gasteiger partial charge is 0.493 e. The molecule has 0 atom stereocenters. The Morgan fingerprint density at radius 2 is 1.68 bits per heavy atom. The van der Waals surface area contributed by atoms with Crippen molar-refractivity contribution in [2.75, 3.05) is 13.2 Å². The van der Waals surface area contributed by atoms with Gasteiger partial charge in [-0.3, -0.25) is 20.4 Å². The van der Waals surface area contributed by atoms with Gasteiger partial charge in [0.25, 0.3) is 11.8 Å². The Balaban J connectivity index is 1.81. The van der Waals surface area contributed by atoms with Crippen molar-refractivity contribution in [3.8, 4) is 11.5 Å². The van der Waals surface area contributed by atoms with E-state index in [1.165, 1.54) is 5.56 Å². The number of carbonyl (C=O) groups excluding carboxylic acids is 2. The van der Waals surface area contributed by atoms with E-state index in [0.717, 1.165) is 12.8 Å². The smallest absolute Gasteiger partial charge is 0.276 e. The Morgan fingerprint density at radius 1 is 0.964 bits per heavy atom. The van der Waals surface area contributed by atoms with Gasteiger partial charge in [-0.15, -0.1) is 0 Å². The molecular weight excluding hydrogens is 356 g/mol. The normalized spacial score (nSPS) is 10.4. The molecule has 150 valence electrons. The number of hydrazine groups is 1. The van der Waals surface area contributed by atoms with Crippen LogP contribution < -0.4 is 20.3 Å². The van der Waals surface area contributed by atoms with E-state index in [9.17, 15) is 9.59 Å². The second-order valence-corrected chi connectivity index (χ2v) is 6.82. The van der Waals surface area contributed by atoms with E-state index in [4.69, 9.17) is 9.47 Å². The average molecular weight is 384 g/mol. The van der Waals surface area contributed by atoms with E-state index < -0.39 is 11.8 Å². The fourth-order valence-corrected chi connectivity index (χ4v) is 2.38. The molecule has 0 aliphatic rings. The van der Waals surface area contributed by atoms with Crippen LogP contribution in [0.3, 0.4) is 0 Å². The fourth-order valence-electron chi connectivity index (χ4n) is 2.38. The Morgan fingerprint density at radius 3 is 2.36 bits per heavy atom. The highest BCUT2D eigenvalue weighted by Gasteiger charge is 2.13. The maximum atomic E-state index is 12.4. The van der Waals surface area contributed by atoms with Crippen molar-refractivity contribution in [1.82, 2.24) is 10.9 Å². The van der Waals surface area contributed by atoms with E-state index in [1.54, 1.807) is 24.3 Å². The van der Waals surface area contributed by atoms with Gasteiger partial charge in [-0.25, -0.2) is 0 Å². The maximum absolute atomic E-state index is 12.4. The quantitative estimate of drug-likeness (QED) is 0.649. The second-order valence-electron chi connectivity index (χ2n) is 6.82. The summed E-state index contributed by atoms with van der Waals surface area (Å²) in [5.41, 5.74) is 6.31. The molecule has 0 saturated carbocycles. The lowest BCUT2D eigenvalue weighted by atomic mass is 10.1. The van der Waals surface area contributed by atoms with Crippen LogP contribution in [0.25, 0.3) is 0 Å². The summed E-state index contributed by atoms with van der Waals surface area (Å²) in [5, 5.41) is 0. The molecule has 2 rings (SSSR count). The van der Waals surface area contributed by atoms with Crippen molar-refractivity contribution in [2.45, 2.75) is 33.6 Å². The summed E-state index contributed by atoms with van der Waals surface area (Å²) in [4.78, 5) is 24.3. The van der Waals surface area contributed by atoms with Crippen molar-refractivity contribution in [3.05, 3.63) is 59.7 Å². The molecule has 2 aromatic rings. The molecule has 0 radical (unpaired) electrons. The zero-order valence-electron chi connectivity index (χ0n) is 16.7. The Bertz CT molecular complexity index is 772. The van der Waals surface area contributed by atoms with Crippen LogP contribution in [0.1, 0.15) is 43.1 Å². The number of benzene rings is 2. The van der Waals surface area contributed by atoms with Gasteiger partial charge in [0.05, 0.1) is 12.2 Å².